The van der Waals surface area contributed by atoms with E-state index >= 15 is 0 Å². The van der Waals surface area contributed by atoms with E-state index in [1.807, 2.05) is 4.98 Å². The Hall–Kier alpha value is -2.09. The van der Waals surface area contributed by atoms with Crippen LogP contribution in [0, 0.1) is 11.6 Å². The van der Waals surface area contributed by atoms with Gasteiger partial charge in [0.2, 0.25) is 0 Å². The Bertz CT molecular complexity index is 778. The zero-order chi connectivity index (χ0) is 14.9. The van der Waals surface area contributed by atoms with Crippen LogP contribution in [-0.4, -0.2) is 15.3 Å². The molecule has 0 unspecified atom stereocenters. The average Bonchev–Trinajstić information content (AvgIpc) is 2.35. The molecule has 0 aliphatic carbocycles. The summed E-state index contributed by atoms with van der Waals surface area (Å²) in [5, 5.41) is 0. The highest BCUT2D eigenvalue weighted by atomic mass is 79.9. The first-order valence-corrected chi connectivity index (χ1v) is 6.16. The smallest absolute Gasteiger partial charge is 0.292 e. The van der Waals surface area contributed by atoms with Crippen molar-refractivity contribution in [3.63, 3.8) is 0 Å². The molecule has 1 heterocycles. The second-order valence-electron chi connectivity index (χ2n) is 3.88. The predicted molar refractivity (Wildman–Crippen MR) is 69.7 cm³/mol. The van der Waals surface area contributed by atoms with Crippen molar-refractivity contribution in [2.75, 3.05) is 0 Å². The number of carbonyl (C=O) groups excluding carboxylic acids is 1. The SMILES string of the molecule is O=C(Cn1cc(Br)c(=O)[nH]c1=O)c1c(F)cccc1F. The van der Waals surface area contributed by atoms with Crippen molar-refractivity contribution in [1.82, 2.24) is 9.55 Å². The summed E-state index contributed by atoms with van der Waals surface area (Å²) >= 11 is 2.89. The molecule has 0 radical (unpaired) electrons. The molecule has 0 aliphatic heterocycles. The maximum absolute atomic E-state index is 13.4. The van der Waals surface area contributed by atoms with Crippen LogP contribution in [0.2, 0.25) is 0 Å². The summed E-state index contributed by atoms with van der Waals surface area (Å²) in [6.45, 7) is -0.591. The zero-order valence-electron chi connectivity index (χ0n) is 9.82. The number of halogens is 3. The number of Topliss-reactive ketones (excluding diaryl/α,β-unsaturated/α-hetero) is 1. The Morgan fingerprint density at radius 3 is 2.45 bits per heavy atom. The van der Waals surface area contributed by atoms with E-state index < -0.39 is 40.8 Å². The molecule has 0 aliphatic rings. The van der Waals surface area contributed by atoms with Crippen LogP contribution in [0.1, 0.15) is 10.4 Å². The first-order chi connectivity index (χ1) is 9.40. The molecular formula is C12H7BrF2N2O3. The van der Waals surface area contributed by atoms with E-state index in [1.54, 1.807) is 0 Å². The lowest BCUT2D eigenvalue weighted by Gasteiger charge is -2.06. The van der Waals surface area contributed by atoms with Gasteiger partial charge in [-0.15, -0.1) is 0 Å². The first kappa shape index (κ1) is 14.3. The van der Waals surface area contributed by atoms with Crippen molar-refractivity contribution >= 4 is 21.7 Å². The Morgan fingerprint density at radius 2 is 1.85 bits per heavy atom. The summed E-state index contributed by atoms with van der Waals surface area (Å²) in [6.07, 6.45) is 1.08. The van der Waals surface area contributed by atoms with Gasteiger partial charge in [-0.25, -0.2) is 13.6 Å². The van der Waals surface area contributed by atoms with Crippen LogP contribution >= 0.6 is 15.9 Å². The van der Waals surface area contributed by atoms with Gasteiger partial charge in [0, 0.05) is 6.20 Å². The lowest BCUT2D eigenvalue weighted by Crippen LogP contribution is -2.32. The molecule has 0 atom stereocenters. The monoisotopic (exact) mass is 344 g/mol. The highest BCUT2D eigenvalue weighted by molar-refractivity contribution is 9.10. The number of nitrogens with one attached hydrogen (secondary N) is 1. The number of benzene rings is 1. The summed E-state index contributed by atoms with van der Waals surface area (Å²) in [4.78, 5) is 36.4. The van der Waals surface area contributed by atoms with Crippen molar-refractivity contribution in [2.45, 2.75) is 6.54 Å². The van der Waals surface area contributed by atoms with Crippen molar-refractivity contribution in [2.24, 2.45) is 0 Å². The van der Waals surface area contributed by atoms with Crippen molar-refractivity contribution < 1.29 is 13.6 Å². The molecule has 0 spiro atoms. The fourth-order valence-corrected chi connectivity index (χ4v) is 1.94. The number of carbonyl (C=O) groups is 1. The molecule has 2 rings (SSSR count). The standard InChI is InChI=1S/C12H7BrF2N2O3/c13-6-4-17(12(20)16-11(6)19)5-9(18)10-7(14)2-1-3-8(10)15/h1-4H,5H2,(H,16,19,20). The summed E-state index contributed by atoms with van der Waals surface area (Å²) in [7, 11) is 0. The molecule has 0 amide bonds. The van der Waals surface area contributed by atoms with Crippen LogP contribution in [0.15, 0.2) is 38.5 Å². The molecular weight excluding hydrogens is 338 g/mol. The van der Waals surface area contributed by atoms with Crippen LogP contribution in [0.3, 0.4) is 0 Å². The summed E-state index contributed by atoms with van der Waals surface area (Å²) in [5.41, 5.74) is -2.22. The lowest BCUT2D eigenvalue weighted by atomic mass is 10.1. The number of ketones is 1. The largest absolute Gasteiger partial charge is 0.328 e. The second-order valence-corrected chi connectivity index (χ2v) is 4.74. The van der Waals surface area contributed by atoms with Gasteiger partial charge in [0.25, 0.3) is 5.56 Å². The topological polar surface area (TPSA) is 71.9 Å². The Kier molecular flexibility index (Phi) is 3.93. The number of hydrogen-bond acceptors (Lipinski definition) is 3. The number of H-pyrrole nitrogens is 1. The van der Waals surface area contributed by atoms with E-state index in [9.17, 15) is 23.2 Å². The Balaban J connectivity index is 2.41. The predicted octanol–water partition coefficient (Wildman–Crippen LogP) is 1.46. The van der Waals surface area contributed by atoms with Gasteiger partial charge in [-0.1, -0.05) is 6.07 Å². The highest BCUT2D eigenvalue weighted by Gasteiger charge is 2.18. The van der Waals surface area contributed by atoms with Gasteiger partial charge in [0.15, 0.2) is 5.78 Å². The maximum Gasteiger partial charge on any atom is 0.328 e. The van der Waals surface area contributed by atoms with E-state index in [0.717, 1.165) is 29.0 Å². The van der Waals surface area contributed by atoms with Gasteiger partial charge >= 0.3 is 5.69 Å². The molecule has 1 aromatic carbocycles. The van der Waals surface area contributed by atoms with Crippen molar-refractivity contribution in [3.05, 3.63) is 66.9 Å². The van der Waals surface area contributed by atoms with Crippen LogP contribution in [0.4, 0.5) is 8.78 Å². The van der Waals surface area contributed by atoms with Gasteiger partial charge in [-0.3, -0.25) is 19.1 Å². The van der Waals surface area contributed by atoms with Crippen LogP contribution < -0.4 is 11.2 Å². The van der Waals surface area contributed by atoms with E-state index in [4.69, 9.17) is 0 Å². The van der Waals surface area contributed by atoms with Gasteiger partial charge in [-0.05, 0) is 28.1 Å². The normalized spacial score (nSPS) is 10.6. The van der Waals surface area contributed by atoms with E-state index in [0.29, 0.717) is 0 Å². The minimum Gasteiger partial charge on any atom is -0.292 e. The van der Waals surface area contributed by atoms with E-state index in [2.05, 4.69) is 15.9 Å². The minimum atomic E-state index is -1.01. The number of aromatic nitrogens is 2. The molecule has 104 valence electrons. The third kappa shape index (κ3) is 2.74. The molecule has 0 saturated carbocycles. The van der Waals surface area contributed by atoms with Gasteiger partial charge in [0.05, 0.1) is 16.6 Å². The Morgan fingerprint density at radius 1 is 1.25 bits per heavy atom. The number of nitrogens with zero attached hydrogens (tertiary/aromatic N) is 1. The number of aromatic amines is 1. The average molecular weight is 345 g/mol. The van der Waals surface area contributed by atoms with E-state index in [1.165, 1.54) is 0 Å². The molecule has 1 aromatic heterocycles. The first-order valence-electron chi connectivity index (χ1n) is 5.36. The molecule has 0 saturated heterocycles. The Labute approximate surface area is 119 Å². The molecule has 0 fully saturated rings. The summed E-state index contributed by atoms with van der Waals surface area (Å²) in [6, 6.07) is 3.02. The minimum absolute atomic E-state index is 0.0268. The molecule has 8 heteroatoms. The summed E-state index contributed by atoms with van der Waals surface area (Å²) in [5.74, 6) is -2.93. The number of rotatable bonds is 3. The van der Waals surface area contributed by atoms with Gasteiger partial charge in [0.1, 0.15) is 11.6 Å². The molecule has 20 heavy (non-hydrogen) atoms. The number of hydrogen-bond donors (Lipinski definition) is 1. The van der Waals surface area contributed by atoms with Crippen molar-refractivity contribution in [3.8, 4) is 0 Å². The fraction of sp³-hybridized carbons (Fsp3) is 0.0833. The zero-order valence-corrected chi connectivity index (χ0v) is 11.4. The van der Waals surface area contributed by atoms with Crippen molar-refractivity contribution in [1.29, 1.82) is 0 Å². The van der Waals surface area contributed by atoms with E-state index in [-0.39, 0.29) is 4.47 Å². The maximum atomic E-state index is 13.4. The third-order valence-electron chi connectivity index (χ3n) is 2.52. The highest BCUT2D eigenvalue weighted by Crippen LogP contribution is 2.13. The quantitative estimate of drug-likeness (QED) is 0.857. The lowest BCUT2D eigenvalue weighted by molar-refractivity contribution is 0.0962. The summed E-state index contributed by atoms with van der Waals surface area (Å²) < 4.78 is 27.7. The molecule has 0 bridgehead atoms. The molecule has 5 nitrogen and oxygen atoms in total. The van der Waals surface area contributed by atoms with Crippen LogP contribution in [0.25, 0.3) is 0 Å². The molecule has 1 N–H and O–H groups in total. The van der Waals surface area contributed by atoms with Gasteiger partial charge < -0.3 is 0 Å². The van der Waals surface area contributed by atoms with Crippen LogP contribution in [0.5, 0.6) is 0 Å². The van der Waals surface area contributed by atoms with Gasteiger partial charge in [-0.2, -0.15) is 0 Å². The second kappa shape index (κ2) is 5.49. The third-order valence-corrected chi connectivity index (χ3v) is 3.09. The molecule has 2 aromatic rings. The fourth-order valence-electron chi connectivity index (χ4n) is 1.60. The van der Waals surface area contributed by atoms with Crippen LogP contribution in [-0.2, 0) is 6.54 Å².